The summed E-state index contributed by atoms with van der Waals surface area (Å²) in [4.78, 5) is 15.4. The van der Waals surface area contributed by atoms with Crippen LogP contribution in [0.1, 0.15) is 11.1 Å². The van der Waals surface area contributed by atoms with Crippen LogP contribution in [0.4, 0.5) is 5.69 Å². The molecule has 23 heavy (non-hydrogen) atoms. The maximum absolute atomic E-state index is 10.7. The van der Waals surface area contributed by atoms with Gasteiger partial charge in [-0.05, 0) is 35.4 Å². The number of nitro benzene ring substituents is 1. The van der Waals surface area contributed by atoms with Crippen molar-refractivity contribution in [3.8, 4) is 18.1 Å². The first-order chi connectivity index (χ1) is 11.2. The van der Waals surface area contributed by atoms with E-state index in [9.17, 15) is 10.1 Å². The number of oxime groups is 1. The maximum Gasteiger partial charge on any atom is 0.269 e. The minimum Gasteiger partial charge on any atom is -0.481 e. The van der Waals surface area contributed by atoms with Crippen LogP contribution in [0.2, 0.25) is 0 Å². The second-order valence-corrected chi connectivity index (χ2v) is 4.50. The first-order valence-electron chi connectivity index (χ1n) is 6.74. The van der Waals surface area contributed by atoms with Crippen molar-refractivity contribution in [3.63, 3.8) is 0 Å². The smallest absolute Gasteiger partial charge is 0.269 e. The molecule has 0 aliphatic heterocycles. The summed E-state index contributed by atoms with van der Waals surface area (Å²) in [6.07, 6.45) is 6.66. The number of nitrogens with zero attached hydrogens (tertiary/aromatic N) is 2. The number of terminal acetylenes is 1. The van der Waals surface area contributed by atoms with Crippen molar-refractivity contribution in [2.45, 2.75) is 6.61 Å². The summed E-state index contributed by atoms with van der Waals surface area (Å²) < 4.78 is 5.26. The van der Waals surface area contributed by atoms with Crippen molar-refractivity contribution in [3.05, 3.63) is 69.8 Å². The second kappa shape index (κ2) is 8.20. The molecule has 0 bridgehead atoms. The molecular formula is C17H14N2O4. The van der Waals surface area contributed by atoms with E-state index in [0.29, 0.717) is 11.3 Å². The Morgan fingerprint density at radius 3 is 2.74 bits per heavy atom. The standard InChI is InChI=1S/C17H14N2O4/c1-2-10-22-17-8-6-14(7-9-17)12-18-23-13-15-4-3-5-16(11-15)19(20)21/h1,3-9,11-12H,10,13H2/b18-12-. The fourth-order valence-electron chi connectivity index (χ4n) is 1.74. The van der Waals surface area contributed by atoms with Gasteiger partial charge in [-0.25, -0.2) is 0 Å². The molecule has 116 valence electrons. The van der Waals surface area contributed by atoms with Crippen molar-refractivity contribution in [2.24, 2.45) is 5.16 Å². The van der Waals surface area contributed by atoms with Crippen molar-refractivity contribution >= 4 is 11.9 Å². The van der Waals surface area contributed by atoms with E-state index in [1.165, 1.54) is 12.1 Å². The summed E-state index contributed by atoms with van der Waals surface area (Å²) in [5.74, 6) is 3.07. The van der Waals surface area contributed by atoms with E-state index < -0.39 is 4.92 Å². The van der Waals surface area contributed by atoms with Crippen LogP contribution in [-0.4, -0.2) is 17.7 Å². The Morgan fingerprint density at radius 2 is 2.04 bits per heavy atom. The normalized spacial score (nSPS) is 10.2. The van der Waals surface area contributed by atoms with Crippen LogP contribution in [0, 0.1) is 22.5 Å². The van der Waals surface area contributed by atoms with Crippen LogP contribution in [0.15, 0.2) is 53.7 Å². The van der Waals surface area contributed by atoms with Gasteiger partial charge in [0.25, 0.3) is 5.69 Å². The van der Waals surface area contributed by atoms with Crippen LogP contribution in [-0.2, 0) is 11.4 Å². The number of hydrogen-bond acceptors (Lipinski definition) is 5. The van der Waals surface area contributed by atoms with Crippen LogP contribution in [0.5, 0.6) is 5.75 Å². The Kier molecular flexibility index (Phi) is 5.72. The van der Waals surface area contributed by atoms with Crippen LogP contribution < -0.4 is 4.74 Å². The lowest BCUT2D eigenvalue weighted by molar-refractivity contribution is -0.384. The highest BCUT2D eigenvalue weighted by Gasteiger charge is 2.05. The first-order valence-corrected chi connectivity index (χ1v) is 6.74. The Labute approximate surface area is 133 Å². The molecule has 0 saturated carbocycles. The Bertz CT molecular complexity index is 733. The Hall–Kier alpha value is -3.33. The Balaban J connectivity index is 1.86. The summed E-state index contributed by atoms with van der Waals surface area (Å²) >= 11 is 0. The third kappa shape index (κ3) is 5.17. The van der Waals surface area contributed by atoms with Crippen molar-refractivity contribution < 1.29 is 14.5 Å². The molecule has 0 atom stereocenters. The molecule has 0 aliphatic carbocycles. The van der Waals surface area contributed by atoms with Gasteiger partial charge in [-0.3, -0.25) is 10.1 Å². The molecule has 0 saturated heterocycles. The SMILES string of the molecule is C#CCOc1ccc(/C=N\OCc2cccc([N+](=O)[O-])c2)cc1. The van der Waals surface area contributed by atoms with E-state index in [1.54, 1.807) is 30.5 Å². The fraction of sp³-hybridized carbons (Fsp3) is 0.118. The predicted molar refractivity (Wildman–Crippen MR) is 86.2 cm³/mol. The van der Waals surface area contributed by atoms with Gasteiger partial charge in [0.2, 0.25) is 0 Å². The molecule has 6 heteroatoms. The number of hydrogen-bond donors (Lipinski definition) is 0. The maximum atomic E-state index is 10.7. The molecule has 0 aromatic heterocycles. The Morgan fingerprint density at radius 1 is 1.26 bits per heavy atom. The van der Waals surface area contributed by atoms with Crippen LogP contribution >= 0.6 is 0 Å². The number of ether oxygens (including phenoxy) is 1. The summed E-state index contributed by atoms with van der Waals surface area (Å²) in [5, 5.41) is 14.5. The highest BCUT2D eigenvalue weighted by Crippen LogP contribution is 2.14. The molecule has 0 unspecified atom stereocenters. The molecule has 0 N–H and O–H groups in total. The first kappa shape index (κ1) is 16.0. The quantitative estimate of drug-likeness (QED) is 0.341. The number of benzene rings is 2. The number of nitro groups is 1. The summed E-state index contributed by atoms with van der Waals surface area (Å²) in [5.41, 5.74) is 1.53. The average Bonchev–Trinajstić information content (AvgIpc) is 2.58. The van der Waals surface area contributed by atoms with E-state index >= 15 is 0 Å². The molecule has 0 aliphatic rings. The van der Waals surface area contributed by atoms with Crippen molar-refractivity contribution in [1.29, 1.82) is 0 Å². The van der Waals surface area contributed by atoms with Gasteiger partial charge in [0.05, 0.1) is 11.1 Å². The minimum absolute atomic E-state index is 0.0256. The van der Waals surface area contributed by atoms with Crippen molar-refractivity contribution in [1.82, 2.24) is 0 Å². The van der Waals surface area contributed by atoms with Crippen LogP contribution in [0.3, 0.4) is 0 Å². The topological polar surface area (TPSA) is 74.0 Å². The van der Waals surface area contributed by atoms with Gasteiger partial charge in [-0.15, -0.1) is 6.42 Å². The van der Waals surface area contributed by atoms with E-state index in [2.05, 4.69) is 11.1 Å². The van der Waals surface area contributed by atoms with Crippen molar-refractivity contribution in [2.75, 3.05) is 6.61 Å². The van der Waals surface area contributed by atoms with Gasteiger partial charge >= 0.3 is 0 Å². The van der Waals surface area contributed by atoms with Gasteiger partial charge in [0, 0.05) is 12.1 Å². The molecule has 0 radical (unpaired) electrons. The zero-order chi connectivity index (χ0) is 16.5. The molecule has 2 aromatic carbocycles. The zero-order valence-electron chi connectivity index (χ0n) is 12.2. The average molecular weight is 310 g/mol. The summed E-state index contributed by atoms with van der Waals surface area (Å²) in [6, 6.07) is 13.4. The lowest BCUT2D eigenvalue weighted by Gasteiger charge is -2.02. The predicted octanol–water partition coefficient (Wildman–Crippen LogP) is 3.16. The monoisotopic (exact) mass is 310 g/mol. The second-order valence-electron chi connectivity index (χ2n) is 4.50. The highest BCUT2D eigenvalue weighted by molar-refractivity contribution is 5.79. The van der Waals surface area contributed by atoms with Gasteiger partial charge < -0.3 is 9.57 Å². The number of non-ortho nitro benzene ring substituents is 1. The third-order valence-electron chi connectivity index (χ3n) is 2.83. The van der Waals surface area contributed by atoms with E-state index in [1.807, 2.05) is 12.1 Å². The fourth-order valence-corrected chi connectivity index (χ4v) is 1.74. The molecule has 2 aromatic rings. The third-order valence-corrected chi connectivity index (χ3v) is 2.83. The van der Waals surface area contributed by atoms with E-state index in [-0.39, 0.29) is 18.9 Å². The molecule has 0 fully saturated rings. The van der Waals surface area contributed by atoms with Gasteiger partial charge in [0.1, 0.15) is 19.0 Å². The van der Waals surface area contributed by atoms with E-state index in [4.69, 9.17) is 16.0 Å². The lowest BCUT2D eigenvalue weighted by Crippen LogP contribution is -1.94. The summed E-state index contributed by atoms with van der Waals surface area (Å²) in [7, 11) is 0. The largest absolute Gasteiger partial charge is 0.481 e. The molecule has 0 amide bonds. The number of rotatable bonds is 7. The van der Waals surface area contributed by atoms with E-state index in [0.717, 1.165) is 5.56 Å². The molecule has 0 spiro atoms. The van der Waals surface area contributed by atoms with Gasteiger partial charge in [0.15, 0.2) is 0 Å². The highest BCUT2D eigenvalue weighted by atomic mass is 16.6. The molecular weight excluding hydrogens is 296 g/mol. The molecule has 0 heterocycles. The molecule has 6 nitrogen and oxygen atoms in total. The minimum atomic E-state index is -0.448. The lowest BCUT2D eigenvalue weighted by atomic mass is 10.2. The summed E-state index contributed by atoms with van der Waals surface area (Å²) in [6.45, 7) is 0.376. The van der Waals surface area contributed by atoms with Gasteiger partial charge in [-0.2, -0.15) is 0 Å². The zero-order valence-corrected chi connectivity index (χ0v) is 12.2. The molecule has 2 rings (SSSR count). The van der Waals surface area contributed by atoms with Gasteiger partial charge in [-0.1, -0.05) is 23.2 Å². The van der Waals surface area contributed by atoms with Crippen LogP contribution in [0.25, 0.3) is 0 Å².